The summed E-state index contributed by atoms with van der Waals surface area (Å²) in [6.45, 7) is 1.20. The molecule has 94 valence electrons. The van der Waals surface area contributed by atoms with Crippen LogP contribution in [0.2, 0.25) is 0 Å². The van der Waals surface area contributed by atoms with Gasteiger partial charge in [0.1, 0.15) is 0 Å². The lowest BCUT2D eigenvalue weighted by Gasteiger charge is -2.39. The Bertz CT molecular complexity index is 268. The Kier molecular flexibility index (Phi) is 4.12. The molecule has 16 heavy (non-hydrogen) atoms. The average molecular weight is 255 g/mol. The third-order valence-corrected chi connectivity index (χ3v) is 3.21. The Balaban J connectivity index is 0.00000128. The predicted octanol–water partition coefficient (Wildman–Crippen LogP) is 1.40. The summed E-state index contributed by atoms with van der Waals surface area (Å²) in [5, 5.41) is 0. The number of nitrogens with two attached hydrogens (primary N) is 1. The number of likely N-dealkylation sites (tertiary alicyclic amines) is 1. The molecule has 0 bridgehead atoms. The van der Waals surface area contributed by atoms with E-state index in [9.17, 15) is 13.6 Å². The molecule has 0 aromatic carbocycles. The molecule has 0 spiro atoms. The number of nitrogens with zero attached hydrogens (tertiary/aromatic N) is 1. The van der Waals surface area contributed by atoms with Gasteiger partial charge in [-0.05, 0) is 12.8 Å². The fourth-order valence-corrected chi connectivity index (χ4v) is 2.30. The average Bonchev–Trinajstić information content (AvgIpc) is 2.13. The first-order valence-electron chi connectivity index (χ1n) is 5.40. The van der Waals surface area contributed by atoms with Crippen molar-refractivity contribution >= 4 is 18.3 Å². The molecule has 0 aromatic rings. The summed E-state index contributed by atoms with van der Waals surface area (Å²) in [5.41, 5.74) is 5.73. The highest BCUT2D eigenvalue weighted by molar-refractivity contribution is 5.85. The van der Waals surface area contributed by atoms with Crippen molar-refractivity contribution < 1.29 is 13.6 Å². The monoisotopic (exact) mass is 254 g/mol. The summed E-state index contributed by atoms with van der Waals surface area (Å²) in [5.74, 6) is -3.21. The number of alkyl halides is 2. The van der Waals surface area contributed by atoms with Crippen LogP contribution in [0.15, 0.2) is 0 Å². The fraction of sp³-hybridized carbons (Fsp3) is 0.900. The first kappa shape index (κ1) is 13.6. The van der Waals surface area contributed by atoms with Gasteiger partial charge in [-0.15, -0.1) is 12.4 Å². The van der Waals surface area contributed by atoms with E-state index >= 15 is 0 Å². The molecule has 0 aromatic heterocycles. The van der Waals surface area contributed by atoms with Crippen molar-refractivity contribution in [3.05, 3.63) is 0 Å². The molecule has 1 atom stereocenters. The molecule has 3 nitrogen and oxygen atoms in total. The first-order valence-corrected chi connectivity index (χ1v) is 5.40. The van der Waals surface area contributed by atoms with Crippen LogP contribution in [0, 0.1) is 5.92 Å². The van der Waals surface area contributed by atoms with Crippen molar-refractivity contribution in [2.45, 2.75) is 37.6 Å². The van der Waals surface area contributed by atoms with E-state index in [4.69, 9.17) is 5.73 Å². The normalized spacial score (nSPS) is 29.2. The van der Waals surface area contributed by atoms with E-state index in [0.29, 0.717) is 13.1 Å². The zero-order valence-electron chi connectivity index (χ0n) is 8.99. The van der Waals surface area contributed by atoms with E-state index in [0.717, 1.165) is 12.8 Å². The molecular formula is C10H17ClF2N2O. The van der Waals surface area contributed by atoms with Crippen LogP contribution in [0.5, 0.6) is 0 Å². The Morgan fingerprint density at radius 2 is 2.00 bits per heavy atom. The number of rotatable bonds is 1. The van der Waals surface area contributed by atoms with Gasteiger partial charge in [0.15, 0.2) is 0 Å². The van der Waals surface area contributed by atoms with E-state index in [1.165, 1.54) is 0 Å². The van der Waals surface area contributed by atoms with Crippen LogP contribution in [-0.4, -0.2) is 35.9 Å². The fourth-order valence-electron chi connectivity index (χ4n) is 2.30. The molecule has 6 heteroatoms. The molecule has 2 N–H and O–H groups in total. The van der Waals surface area contributed by atoms with Gasteiger partial charge in [0.2, 0.25) is 11.8 Å². The van der Waals surface area contributed by atoms with Gasteiger partial charge in [-0.2, -0.15) is 0 Å². The van der Waals surface area contributed by atoms with Crippen molar-refractivity contribution in [2.24, 2.45) is 11.7 Å². The summed E-state index contributed by atoms with van der Waals surface area (Å²) in [6.07, 6.45) is 1.25. The van der Waals surface area contributed by atoms with Gasteiger partial charge in [0.25, 0.3) is 0 Å². The summed E-state index contributed by atoms with van der Waals surface area (Å²) in [4.78, 5) is 13.4. The number of amides is 1. The van der Waals surface area contributed by atoms with Crippen LogP contribution in [0.3, 0.4) is 0 Å². The van der Waals surface area contributed by atoms with Gasteiger partial charge >= 0.3 is 0 Å². The zero-order chi connectivity index (χ0) is 11.1. The SMILES string of the molecule is Cl.N[C@H]1CCCN(C(=O)C2CC(F)(F)C2)C1. The Hall–Kier alpha value is -0.420. The number of carbonyl (C=O) groups is 1. The minimum atomic E-state index is -2.61. The van der Waals surface area contributed by atoms with Gasteiger partial charge in [0, 0.05) is 37.9 Å². The molecule has 0 unspecified atom stereocenters. The van der Waals surface area contributed by atoms with E-state index < -0.39 is 11.8 Å². The summed E-state index contributed by atoms with van der Waals surface area (Å²) < 4.78 is 25.2. The Morgan fingerprint density at radius 3 is 2.50 bits per heavy atom. The lowest BCUT2D eigenvalue weighted by Crippen LogP contribution is -2.52. The number of halogens is 3. The first-order chi connectivity index (χ1) is 6.98. The maximum Gasteiger partial charge on any atom is 0.249 e. The lowest BCUT2D eigenvalue weighted by molar-refractivity contribution is -0.160. The van der Waals surface area contributed by atoms with Crippen LogP contribution in [0.4, 0.5) is 8.78 Å². The smallest absolute Gasteiger partial charge is 0.249 e. The van der Waals surface area contributed by atoms with E-state index in [2.05, 4.69) is 0 Å². The third-order valence-electron chi connectivity index (χ3n) is 3.21. The van der Waals surface area contributed by atoms with Crippen molar-refractivity contribution in [1.29, 1.82) is 0 Å². The highest BCUT2D eigenvalue weighted by Crippen LogP contribution is 2.43. The number of piperidine rings is 1. The number of hydrogen-bond acceptors (Lipinski definition) is 2. The lowest BCUT2D eigenvalue weighted by atomic mass is 9.80. The Labute approximate surface area is 99.8 Å². The van der Waals surface area contributed by atoms with E-state index in [1.54, 1.807) is 4.90 Å². The maximum absolute atomic E-state index is 12.6. The quantitative estimate of drug-likeness (QED) is 0.769. The van der Waals surface area contributed by atoms with Crippen LogP contribution >= 0.6 is 12.4 Å². The van der Waals surface area contributed by atoms with Gasteiger partial charge in [-0.25, -0.2) is 8.78 Å². The topological polar surface area (TPSA) is 46.3 Å². The molecule has 1 heterocycles. The van der Waals surface area contributed by atoms with Gasteiger partial charge in [-0.3, -0.25) is 4.79 Å². The molecule has 1 amide bonds. The van der Waals surface area contributed by atoms with Crippen molar-refractivity contribution in [3.8, 4) is 0 Å². The summed E-state index contributed by atoms with van der Waals surface area (Å²) in [7, 11) is 0. The second-order valence-corrected chi connectivity index (χ2v) is 4.65. The molecule has 1 saturated heterocycles. The molecule has 0 radical (unpaired) electrons. The van der Waals surface area contributed by atoms with Gasteiger partial charge < -0.3 is 10.6 Å². The minimum absolute atomic E-state index is 0. The predicted molar refractivity (Wildman–Crippen MR) is 58.7 cm³/mol. The standard InChI is InChI=1S/C10H16F2N2O.ClH/c11-10(12)4-7(5-10)9(15)14-3-1-2-8(13)6-14;/h7-8H,1-6,13H2;1H/t8-;/m0./s1. The molecule has 1 saturated carbocycles. The molecular weight excluding hydrogens is 238 g/mol. The van der Waals surface area contributed by atoms with Crippen LogP contribution in [-0.2, 0) is 4.79 Å². The van der Waals surface area contributed by atoms with Crippen molar-refractivity contribution in [2.75, 3.05) is 13.1 Å². The van der Waals surface area contributed by atoms with E-state index in [-0.39, 0.29) is 37.2 Å². The number of hydrogen-bond donors (Lipinski definition) is 1. The highest BCUT2D eigenvalue weighted by Gasteiger charge is 2.49. The largest absolute Gasteiger partial charge is 0.341 e. The van der Waals surface area contributed by atoms with Crippen molar-refractivity contribution in [3.63, 3.8) is 0 Å². The Morgan fingerprint density at radius 1 is 1.38 bits per heavy atom. The molecule has 2 aliphatic rings. The highest BCUT2D eigenvalue weighted by atomic mass is 35.5. The zero-order valence-corrected chi connectivity index (χ0v) is 9.81. The summed E-state index contributed by atoms with van der Waals surface area (Å²) in [6, 6.07) is 0.0169. The molecule has 2 rings (SSSR count). The van der Waals surface area contributed by atoms with Crippen LogP contribution in [0.25, 0.3) is 0 Å². The van der Waals surface area contributed by atoms with E-state index in [1.807, 2.05) is 0 Å². The second kappa shape index (κ2) is 4.84. The van der Waals surface area contributed by atoms with Gasteiger partial charge in [-0.1, -0.05) is 0 Å². The second-order valence-electron chi connectivity index (χ2n) is 4.65. The van der Waals surface area contributed by atoms with Crippen LogP contribution < -0.4 is 5.73 Å². The van der Waals surface area contributed by atoms with Crippen LogP contribution in [0.1, 0.15) is 25.7 Å². The van der Waals surface area contributed by atoms with Gasteiger partial charge in [0.05, 0.1) is 0 Å². The molecule has 1 aliphatic carbocycles. The minimum Gasteiger partial charge on any atom is -0.341 e. The third kappa shape index (κ3) is 2.83. The molecule has 1 aliphatic heterocycles. The molecule has 2 fully saturated rings. The maximum atomic E-state index is 12.6. The summed E-state index contributed by atoms with van der Waals surface area (Å²) >= 11 is 0. The number of carbonyl (C=O) groups excluding carboxylic acids is 1. The van der Waals surface area contributed by atoms with Crippen molar-refractivity contribution in [1.82, 2.24) is 4.90 Å².